The summed E-state index contributed by atoms with van der Waals surface area (Å²) in [5, 5.41) is 18.5. The Morgan fingerprint density at radius 1 is 1.33 bits per heavy atom. The van der Waals surface area contributed by atoms with Crippen LogP contribution < -0.4 is 0 Å². The number of allylic oxidation sites excluding steroid dienone is 6. The van der Waals surface area contributed by atoms with Crippen molar-refractivity contribution in [3.05, 3.63) is 48.1 Å². The van der Waals surface area contributed by atoms with E-state index in [2.05, 4.69) is 0 Å². The molecule has 0 saturated carbocycles. The van der Waals surface area contributed by atoms with E-state index in [4.69, 9.17) is 5.11 Å². The van der Waals surface area contributed by atoms with Crippen molar-refractivity contribution in [1.82, 2.24) is 0 Å². The number of rotatable bonds is 11. The average molecular weight is 332 g/mol. The molecule has 1 rings (SSSR count). The van der Waals surface area contributed by atoms with Crippen molar-refractivity contribution in [2.45, 2.75) is 58.0 Å². The van der Waals surface area contributed by atoms with Gasteiger partial charge in [-0.1, -0.05) is 49.5 Å². The van der Waals surface area contributed by atoms with Crippen molar-refractivity contribution >= 4 is 11.8 Å². The Bertz CT molecular complexity index is 526. The fourth-order valence-corrected chi connectivity index (χ4v) is 2.56. The molecule has 0 amide bonds. The summed E-state index contributed by atoms with van der Waals surface area (Å²) in [7, 11) is 0. The van der Waals surface area contributed by atoms with Gasteiger partial charge in [-0.25, -0.2) is 0 Å². The summed E-state index contributed by atoms with van der Waals surface area (Å²) in [6.07, 6.45) is 17.0. The van der Waals surface area contributed by atoms with Crippen molar-refractivity contribution in [1.29, 1.82) is 0 Å². The van der Waals surface area contributed by atoms with E-state index in [-0.39, 0.29) is 18.1 Å². The summed E-state index contributed by atoms with van der Waals surface area (Å²) in [4.78, 5) is 22.4. The van der Waals surface area contributed by atoms with Crippen LogP contribution in [-0.2, 0) is 9.59 Å². The summed E-state index contributed by atoms with van der Waals surface area (Å²) in [6.45, 7) is 2.05. The molecule has 0 aromatic rings. The van der Waals surface area contributed by atoms with Gasteiger partial charge in [-0.3, -0.25) is 9.59 Å². The summed E-state index contributed by atoms with van der Waals surface area (Å²) in [6, 6.07) is 0. The van der Waals surface area contributed by atoms with Crippen molar-refractivity contribution in [2.75, 3.05) is 0 Å². The number of carbonyl (C=O) groups is 2. The molecule has 24 heavy (non-hydrogen) atoms. The van der Waals surface area contributed by atoms with E-state index in [1.807, 2.05) is 43.4 Å². The number of unbranched alkanes of at least 4 members (excludes halogenated alkanes) is 1. The lowest BCUT2D eigenvalue weighted by Gasteiger charge is -2.09. The molecule has 0 spiro atoms. The standard InChI is InChI=1S/C20H28O4/c1-2-3-6-9-17(21)14-12-16-13-15-19(22)18(16)10-7-4-5-8-11-20(23)24/h3-4,6-7,12-14,17-18,21H,2,5,8-11,15H2,1H3,(H,23,24)/t17-,18+/m0/s1. The molecule has 2 atom stereocenters. The maximum absolute atomic E-state index is 12.0. The first-order valence-corrected chi connectivity index (χ1v) is 8.65. The zero-order chi connectivity index (χ0) is 17.8. The topological polar surface area (TPSA) is 74.6 Å². The van der Waals surface area contributed by atoms with Crippen LogP contribution in [0.2, 0.25) is 0 Å². The van der Waals surface area contributed by atoms with E-state index in [9.17, 15) is 14.7 Å². The van der Waals surface area contributed by atoms with Gasteiger partial charge in [0.2, 0.25) is 0 Å². The van der Waals surface area contributed by atoms with Crippen molar-refractivity contribution in [3.63, 3.8) is 0 Å². The molecule has 132 valence electrons. The molecular formula is C20H28O4. The Kier molecular flexibility index (Phi) is 9.70. The molecule has 0 aliphatic heterocycles. The lowest BCUT2D eigenvalue weighted by Crippen LogP contribution is -2.09. The van der Waals surface area contributed by atoms with Gasteiger partial charge in [0.15, 0.2) is 0 Å². The SMILES string of the molecule is CCC=CC[C@H](O)C=CC1=CCC(=O)[C@@H]1CC=CCCCC(=O)O. The molecule has 1 aliphatic carbocycles. The Hall–Kier alpha value is -1.94. The number of aliphatic hydroxyl groups excluding tert-OH is 1. The lowest BCUT2D eigenvalue weighted by molar-refractivity contribution is -0.137. The van der Waals surface area contributed by atoms with Crippen LogP contribution in [0, 0.1) is 5.92 Å². The Balaban J connectivity index is 2.44. The van der Waals surface area contributed by atoms with Crippen LogP contribution in [0.1, 0.15) is 51.9 Å². The van der Waals surface area contributed by atoms with Crippen LogP contribution in [0.15, 0.2) is 48.1 Å². The van der Waals surface area contributed by atoms with Crippen LogP contribution >= 0.6 is 0 Å². The fraction of sp³-hybridized carbons (Fsp3) is 0.500. The highest BCUT2D eigenvalue weighted by Gasteiger charge is 2.24. The van der Waals surface area contributed by atoms with Gasteiger partial charge in [-0.15, -0.1) is 0 Å². The predicted molar refractivity (Wildman–Crippen MR) is 95.6 cm³/mol. The second-order valence-corrected chi connectivity index (χ2v) is 5.96. The molecule has 0 fully saturated rings. The molecule has 2 N–H and O–H groups in total. The third-order valence-corrected chi connectivity index (χ3v) is 3.92. The van der Waals surface area contributed by atoms with E-state index >= 15 is 0 Å². The summed E-state index contributed by atoms with van der Waals surface area (Å²) in [5.41, 5.74) is 0.966. The second-order valence-electron chi connectivity index (χ2n) is 5.96. The van der Waals surface area contributed by atoms with Gasteiger partial charge in [0.25, 0.3) is 0 Å². The number of ketones is 1. The number of carbonyl (C=O) groups excluding carboxylic acids is 1. The van der Waals surface area contributed by atoms with Gasteiger partial charge in [0, 0.05) is 18.8 Å². The number of hydrogen-bond donors (Lipinski definition) is 2. The summed E-state index contributed by atoms with van der Waals surface area (Å²) < 4.78 is 0. The highest BCUT2D eigenvalue weighted by atomic mass is 16.4. The Morgan fingerprint density at radius 2 is 2.12 bits per heavy atom. The highest BCUT2D eigenvalue weighted by Crippen LogP contribution is 2.27. The first kappa shape index (κ1) is 20.1. The monoisotopic (exact) mass is 332 g/mol. The number of carboxylic acids is 1. The number of aliphatic hydroxyl groups is 1. The predicted octanol–water partition coefficient (Wildman–Crippen LogP) is 3.98. The van der Waals surface area contributed by atoms with Crippen LogP contribution in [0.4, 0.5) is 0 Å². The molecule has 0 aromatic heterocycles. The lowest BCUT2D eigenvalue weighted by atomic mass is 9.95. The molecule has 4 heteroatoms. The van der Waals surface area contributed by atoms with Gasteiger partial charge in [0.05, 0.1) is 6.10 Å². The molecule has 0 aromatic carbocycles. The molecule has 0 saturated heterocycles. The van der Waals surface area contributed by atoms with Crippen LogP contribution in [-0.4, -0.2) is 28.1 Å². The molecule has 0 radical (unpaired) electrons. The first-order valence-electron chi connectivity index (χ1n) is 8.65. The van der Waals surface area contributed by atoms with Crippen molar-refractivity contribution < 1.29 is 19.8 Å². The van der Waals surface area contributed by atoms with Gasteiger partial charge >= 0.3 is 5.97 Å². The van der Waals surface area contributed by atoms with Crippen LogP contribution in [0.3, 0.4) is 0 Å². The van der Waals surface area contributed by atoms with E-state index in [1.54, 1.807) is 6.08 Å². The number of aliphatic carboxylic acids is 1. The fourth-order valence-electron chi connectivity index (χ4n) is 2.56. The molecule has 1 aliphatic rings. The number of Topliss-reactive ketones (excluding diaryl/α,β-unsaturated/α-hetero) is 1. The van der Waals surface area contributed by atoms with Gasteiger partial charge < -0.3 is 10.2 Å². The highest BCUT2D eigenvalue weighted by molar-refractivity contribution is 5.89. The van der Waals surface area contributed by atoms with E-state index in [1.165, 1.54) is 0 Å². The van der Waals surface area contributed by atoms with Crippen molar-refractivity contribution in [2.24, 2.45) is 5.92 Å². The summed E-state index contributed by atoms with van der Waals surface area (Å²) in [5.74, 6) is -0.724. The largest absolute Gasteiger partial charge is 0.481 e. The minimum Gasteiger partial charge on any atom is -0.481 e. The zero-order valence-electron chi connectivity index (χ0n) is 14.4. The molecule has 4 nitrogen and oxygen atoms in total. The molecule has 0 heterocycles. The second kappa shape index (κ2) is 11.6. The zero-order valence-corrected chi connectivity index (χ0v) is 14.4. The van der Waals surface area contributed by atoms with Gasteiger partial charge in [-0.2, -0.15) is 0 Å². The summed E-state index contributed by atoms with van der Waals surface area (Å²) >= 11 is 0. The molecular weight excluding hydrogens is 304 g/mol. The maximum atomic E-state index is 12.0. The molecule has 0 unspecified atom stereocenters. The van der Waals surface area contributed by atoms with E-state index in [0.717, 1.165) is 12.0 Å². The van der Waals surface area contributed by atoms with Gasteiger partial charge in [-0.05, 0) is 37.7 Å². The van der Waals surface area contributed by atoms with E-state index in [0.29, 0.717) is 32.1 Å². The Morgan fingerprint density at radius 3 is 2.83 bits per heavy atom. The van der Waals surface area contributed by atoms with E-state index < -0.39 is 12.1 Å². The Labute approximate surface area is 144 Å². The average Bonchev–Trinajstić information content (AvgIpc) is 2.89. The minimum absolute atomic E-state index is 0.143. The van der Waals surface area contributed by atoms with Crippen LogP contribution in [0.25, 0.3) is 0 Å². The third-order valence-electron chi connectivity index (χ3n) is 3.92. The third kappa shape index (κ3) is 8.06. The normalized spacial score (nSPS) is 19.7. The first-order chi connectivity index (χ1) is 11.5. The van der Waals surface area contributed by atoms with Crippen LogP contribution in [0.5, 0.6) is 0 Å². The maximum Gasteiger partial charge on any atom is 0.303 e. The number of carboxylic acid groups (broad SMARTS) is 1. The minimum atomic E-state index is -0.780. The number of hydrogen-bond acceptors (Lipinski definition) is 3. The molecule has 0 bridgehead atoms. The smallest absolute Gasteiger partial charge is 0.303 e. The van der Waals surface area contributed by atoms with Crippen molar-refractivity contribution in [3.8, 4) is 0 Å². The van der Waals surface area contributed by atoms with Gasteiger partial charge in [0.1, 0.15) is 5.78 Å². The quantitative estimate of drug-likeness (QED) is 0.443.